The molecule has 1 amide bonds. The van der Waals surface area contributed by atoms with Gasteiger partial charge in [0.25, 0.3) is 0 Å². The largest absolute Gasteiger partial charge is 0.341 e. The molecule has 1 atom stereocenters. The molecule has 0 saturated carbocycles. The Morgan fingerprint density at radius 3 is 2.39 bits per heavy atom. The quantitative estimate of drug-likeness (QED) is 0.528. The van der Waals surface area contributed by atoms with Crippen LogP contribution in [0.1, 0.15) is 23.7 Å². The summed E-state index contributed by atoms with van der Waals surface area (Å²) < 4.78 is 14.5. The molecule has 3 aromatic rings. The fourth-order valence-corrected chi connectivity index (χ4v) is 4.29. The zero-order valence-electron chi connectivity index (χ0n) is 15.2. The molecule has 0 radical (unpaired) electrons. The number of nitrogen functional groups attached to an aromatic ring is 1. The van der Waals surface area contributed by atoms with Gasteiger partial charge in [0.2, 0.25) is 11.1 Å². The second-order valence-electron chi connectivity index (χ2n) is 6.62. The van der Waals surface area contributed by atoms with E-state index in [4.69, 9.17) is 5.84 Å². The Kier molecular flexibility index (Phi) is 5.29. The van der Waals surface area contributed by atoms with Crippen molar-refractivity contribution in [2.75, 3.05) is 18.9 Å². The van der Waals surface area contributed by atoms with Crippen LogP contribution in [0.3, 0.4) is 0 Å². The number of amides is 1. The molecule has 2 aromatic carbocycles. The summed E-state index contributed by atoms with van der Waals surface area (Å²) in [5, 5.41) is 8.29. The lowest BCUT2D eigenvalue weighted by Gasteiger charge is -2.22. The summed E-state index contributed by atoms with van der Waals surface area (Å²) in [5.41, 5.74) is 1.56. The maximum atomic E-state index is 13.2. The first kappa shape index (κ1) is 18.5. The number of rotatable bonds is 5. The van der Waals surface area contributed by atoms with Gasteiger partial charge in [0.05, 0.1) is 0 Å². The van der Waals surface area contributed by atoms with E-state index < -0.39 is 5.25 Å². The normalized spacial score (nSPS) is 15.0. The summed E-state index contributed by atoms with van der Waals surface area (Å²) in [4.78, 5) is 15.0. The van der Waals surface area contributed by atoms with Gasteiger partial charge in [-0.2, -0.15) is 0 Å². The Balaban J connectivity index is 1.63. The Labute approximate surface area is 166 Å². The lowest BCUT2D eigenvalue weighted by atomic mass is 10.1. The third kappa shape index (κ3) is 3.73. The zero-order valence-corrected chi connectivity index (χ0v) is 16.0. The smallest absolute Gasteiger partial charge is 0.240 e. The summed E-state index contributed by atoms with van der Waals surface area (Å²) in [6.07, 6.45) is 2.05. The minimum Gasteiger partial charge on any atom is -0.341 e. The Morgan fingerprint density at radius 2 is 1.71 bits per heavy atom. The topological polar surface area (TPSA) is 77.0 Å². The molecule has 0 unspecified atom stereocenters. The maximum absolute atomic E-state index is 13.2. The van der Waals surface area contributed by atoms with Gasteiger partial charge in [0.1, 0.15) is 11.1 Å². The number of thioether (sulfide) groups is 1. The van der Waals surface area contributed by atoms with E-state index in [9.17, 15) is 9.18 Å². The highest BCUT2D eigenvalue weighted by molar-refractivity contribution is 8.00. The second kappa shape index (κ2) is 8.02. The van der Waals surface area contributed by atoms with Gasteiger partial charge in [-0.25, -0.2) is 9.07 Å². The van der Waals surface area contributed by atoms with Crippen molar-refractivity contribution in [3.63, 3.8) is 0 Å². The van der Waals surface area contributed by atoms with Gasteiger partial charge in [0.15, 0.2) is 5.82 Å². The molecule has 8 heteroatoms. The number of nitrogens with two attached hydrogens (primary N) is 1. The van der Waals surface area contributed by atoms with Crippen molar-refractivity contribution in [1.82, 2.24) is 19.8 Å². The Morgan fingerprint density at radius 1 is 1.04 bits per heavy atom. The monoisotopic (exact) mass is 397 g/mol. The van der Waals surface area contributed by atoms with Gasteiger partial charge < -0.3 is 10.7 Å². The third-order valence-electron chi connectivity index (χ3n) is 4.73. The number of carbonyl (C=O) groups is 1. The van der Waals surface area contributed by atoms with Crippen LogP contribution in [-0.4, -0.2) is 38.8 Å². The first-order valence-electron chi connectivity index (χ1n) is 9.10. The van der Waals surface area contributed by atoms with Crippen LogP contribution in [0, 0.1) is 5.82 Å². The highest BCUT2D eigenvalue weighted by atomic mass is 32.2. The fourth-order valence-electron chi connectivity index (χ4n) is 3.25. The van der Waals surface area contributed by atoms with Crippen LogP contribution in [0.2, 0.25) is 0 Å². The molecule has 1 aliphatic heterocycles. The van der Waals surface area contributed by atoms with Gasteiger partial charge in [-0.05, 0) is 42.7 Å². The zero-order chi connectivity index (χ0) is 19.5. The van der Waals surface area contributed by atoms with Gasteiger partial charge in [-0.3, -0.25) is 4.79 Å². The molecule has 2 N–H and O–H groups in total. The van der Waals surface area contributed by atoms with Crippen molar-refractivity contribution < 1.29 is 9.18 Å². The maximum Gasteiger partial charge on any atom is 0.240 e. The van der Waals surface area contributed by atoms with Crippen molar-refractivity contribution in [2.24, 2.45) is 0 Å². The standard InChI is InChI=1S/C20H20FN5OS/c21-16-10-8-15(9-11-16)18-23-24-20(26(18)22)28-17(14-6-2-1-3-7-14)19(27)25-12-4-5-13-25/h1-3,6-11,17H,4-5,12-13,22H2/t17-/m0/s1. The molecule has 0 bridgehead atoms. The van der Waals surface area contributed by atoms with Crippen LogP contribution < -0.4 is 5.84 Å². The third-order valence-corrected chi connectivity index (χ3v) is 5.93. The average Bonchev–Trinajstić information content (AvgIpc) is 3.38. The molecule has 1 aromatic heterocycles. The number of halogens is 1. The van der Waals surface area contributed by atoms with Crippen molar-refractivity contribution in [1.29, 1.82) is 0 Å². The summed E-state index contributed by atoms with van der Waals surface area (Å²) >= 11 is 1.28. The molecule has 0 spiro atoms. The summed E-state index contributed by atoms with van der Waals surface area (Å²) in [7, 11) is 0. The molecule has 2 heterocycles. The predicted molar refractivity (Wildman–Crippen MR) is 106 cm³/mol. The van der Waals surface area contributed by atoms with Crippen LogP contribution in [0.15, 0.2) is 59.8 Å². The minimum absolute atomic E-state index is 0.0556. The Hall–Kier alpha value is -2.87. The highest BCUT2D eigenvalue weighted by Crippen LogP contribution is 2.37. The molecule has 1 saturated heterocycles. The lowest BCUT2D eigenvalue weighted by Crippen LogP contribution is -2.31. The molecule has 4 rings (SSSR count). The molecule has 1 fully saturated rings. The summed E-state index contributed by atoms with van der Waals surface area (Å²) in [6.45, 7) is 1.55. The van der Waals surface area contributed by atoms with Crippen molar-refractivity contribution in [3.05, 3.63) is 66.0 Å². The highest BCUT2D eigenvalue weighted by Gasteiger charge is 2.30. The van der Waals surface area contributed by atoms with Crippen LogP contribution in [0.5, 0.6) is 0 Å². The average molecular weight is 397 g/mol. The Bertz CT molecular complexity index is 954. The van der Waals surface area contributed by atoms with E-state index in [2.05, 4.69) is 10.2 Å². The van der Waals surface area contributed by atoms with Crippen molar-refractivity contribution in [3.8, 4) is 11.4 Å². The lowest BCUT2D eigenvalue weighted by molar-refractivity contribution is -0.129. The van der Waals surface area contributed by atoms with Gasteiger partial charge in [-0.15, -0.1) is 10.2 Å². The number of hydrogen-bond donors (Lipinski definition) is 1. The van der Waals surface area contributed by atoms with E-state index in [-0.39, 0.29) is 11.7 Å². The number of benzene rings is 2. The predicted octanol–water partition coefficient (Wildman–Crippen LogP) is 3.25. The van der Waals surface area contributed by atoms with Crippen LogP contribution in [0.25, 0.3) is 11.4 Å². The number of hydrogen-bond acceptors (Lipinski definition) is 5. The molecule has 1 aliphatic rings. The van der Waals surface area contributed by atoms with E-state index in [1.54, 1.807) is 12.1 Å². The van der Waals surface area contributed by atoms with E-state index in [1.165, 1.54) is 28.6 Å². The van der Waals surface area contributed by atoms with E-state index in [1.807, 2.05) is 35.2 Å². The first-order chi connectivity index (χ1) is 13.6. The number of carbonyl (C=O) groups excluding carboxylic acids is 1. The molecular formula is C20H20FN5OS. The summed E-state index contributed by atoms with van der Waals surface area (Å²) in [5.74, 6) is 6.35. The molecular weight excluding hydrogens is 377 g/mol. The van der Waals surface area contributed by atoms with Gasteiger partial charge in [-0.1, -0.05) is 42.1 Å². The number of likely N-dealkylation sites (tertiary alicyclic amines) is 1. The first-order valence-corrected chi connectivity index (χ1v) is 9.98. The molecule has 0 aliphatic carbocycles. The van der Waals surface area contributed by atoms with Gasteiger partial charge >= 0.3 is 0 Å². The van der Waals surface area contributed by atoms with Crippen molar-refractivity contribution >= 4 is 17.7 Å². The molecule has 6 nitrogen and oxygen atoms in total. The van der Waals surface area contributed by atoms with Crippen LogP contribution in [-0.2, 0) is 4.79 Å². The van der Waals surface area contributed by atoms with E-state index in [0.717, 1.165) is 31.5 Å². The van der Waals surface area contributed by atoms with Crippen LogP contribution >= 0.6 is 11.8 Å². The van der Waals surface area contributed by atoms with Gasteiger partial charge in [0, 0.05) is 18.7 Å². The van der Waals surface area contributed by atoms with Crippen LogP contribution in [0.4, 0.5) is 4.39 Å². The fraction of sp³-hybridized carbons (Fsp3) is 0.250. The van der Waals surface area contributed by atoms with E-state index >= 15 is 0 Å². The second-order valence-corrected chi connectivity index (χ2v) is 7.70. The van der Waals surface area contributed by atoms with E-state index in [0.29, 0.717) is 16.5 Å². The van der Waals surface area contributed by atoms with Crippen molar-refractivity contribution in [2.45, 2.75) is 23.2 Å². The minimum atomic E-state index is -0.452. The summed E-state index contributed by atoms with van der Waals surface area (Å²) in [6, 6.07) is 15.5. The molecule has 144 valence electrons. The number of nitrogens with zero attached hydrogens (tertiary/aromatic N) is 4. The molecule has 28 heavy (non-hydrogen) atoms. The number of aromatic nitrogens is 3. The SMILES string of the molecule is Nn1c(S[C@H](C(=O)N2CCCC2)c2ccccc2)nnc1-c1ccc(F)cc1.